The normalized spacial score (nSPS) is 20.5. The topological polar surface area (TPSA) is 46.6 Å². The molecule has 1 aliphatic rings. The van der Waals surface area contributed by atoms with Gasteiger partial charge in [0.25, 0.3) is 5.91 Å². The molecule has 0 aliphatic heterocycles. The summed E-state index contributed by atoms with van der Waals surface area (Å²) < 4.78 is 42.8. The van der Waals surface area contributed by atoms with Crippen molar-refractivity contribution < 1.29 is 27.5 Å². The van der Waals surface area contributed by atoms with Crippen LogP contribution in [0, 0.1) is 5.92 Å². The third-order valence-electron chi connectivity index (χ3n) is 4.97. The smallest absolute Gasteiger partial charge is 0.416 e. The van der Waals surface area contributed by atoms with Gasteiger partial charge >= 0.3 is 12.1 Å². The summed E-state index contributed by atoms with van der Waals surface area (Å²) >= 11 is 0. The second-order valence-corrected chi connectivity index (χ2v) is 6.73. The number of hydrogen-bond donors (Lipinski definition) is 0. The summed E-state index contributed by atoms with van der Waals surface area (Å²) in [6.45, 7) is 2.26. The number of hydrogen-bond acceptors (Lipinski definition) is 3. The maximum atomic E-state index is 12.9. The third-order valence-corrected chi connectivity index (χ3v) is 4.97. The molecule has 1 saturated carbocycles. The number of halogens is 3. The van der Waals surface area contributed by atoms with Crippen molar-refractivity contribution in [2.75, 3.05) is 13.7 Å². The fourth-order valence-corrected chi connectivity index (χ4v) is 3.46. The number of esters is 1. The fraction of sp³-hybridized carbons (Fsp3) is 0.579. The molecule has 7 heteroatoms. The zero-order valence-corrected chi connectivity index (χ0v) is 15.0. The molecule has 2 atom stereocenters. The Balaban J connectivity index is 2.22. The highest BCUT2D eigenvalue weighted by molar-refractivity contribution is 5.94. The maximum Gasteiger partial charge on any atom is 0.416 e. The van der Waals surface area contributed by atoms with Crippen LogP contribution in [0.25, 0.3) is 0 Å². The largest absolute Gasteiger partial charge is 0.469 e. The number of nitrogens with zero attached hydrogens (tertiary/aromatic N) is 1. The summed E-state index contributed by atoms with van der Waals surface area (Å²) in [6.07, 6.45) is -0.481. The highest BCUT2D eigenvalue weighted by Crippen LogP contribution is 2.31. The van der Waals surface area contributed by atoms with Gasteiger partial charge in [-0.3, -0.25) is 9.59 Å². The summed E-state index contributed by atoms with van der Waals surface area (Å²) in [7, 11) is 1.29. The number of rotatable bonds is 5. The highest BCUT2D eigenvalue weighted by Gasteiger charge is 2.33. The Kier molecular flexibility index (Phi) is 6.67. The van der Waals surface area contributed by atoms with Crippen molar-refractivity contribution in [3.63, 3.8) is 0 Å². The van der Waals surface area contributed by atoms with Crippen LogP contribution in [-0.4, -0.2) is 36.5 Å². The second-order valence-electron chi connectivity index (χ2n) is 6.73. The predicted octanol–water partition coefficient (Wildman–Crippen LogP) is 4.29. The first kappa shape index (κ1) is 20.3. The number of alkyl halides is 3. The number of methoxy groups -OCH3 is 1. The third kappa shape index (κ3) is 4.99. The van der Waals surface area contributed by atoms with Crippen LogP contribution >= 0.6 is 0 Å². The zero-order valence-electron chi connectivity index (χ0n) is 15.0. The number of amides is 1. The van der Waals surface area contributed by atoms with E-state index in [0.717, 1.165) is 37.8 Å². The van der Waals surface area contributed by atoms with Crippen LogP contribution in [0.3, 0.4) is 0 Å². The van der Waals surface area contributed by atoms with E-state index in [2.05, 4.69) is 11.7 Å². The van der Waals surface area contributed by atoms with Crippen LogP contribution in [0.15, 0.2) is 24.3 Å². The first-order valence-electron chi connectivity index (χ1n) is 8.79. The van der Waals surface area contributed by atoms with Crippen LogP contribution in [-0.2, 0) is 15.7 Å². The molecule has 4 nitrogen and oxygen atoms in total. The van der Waals surface area contributed by atoms with Crippen molar-refractivity contribution in [3.05, 3.63) is 35.4 Å². The molecule has 2 unspecified atom stereocenters. The molecule has 0 spiro atoms. The molecule has 2 rings (SSSR count). The summed E-state index contributed by atoms with van der Waals surface area (Å²) in [6, 6.07) is 4.20. The van der Waals surface area contributed by atoms with Crippen LogP contribution < -0.4 is 0 Å². The van der Waals surface area contributed by atoms with Crippen molar-refractivity contribution >= 4 is 11.9 Å². The van der Waals surface area contributed by atoms with Gasteiger partial charge < -0.3 is 9.64 Å². The second kappa shape index (κ2) is 8.56. The van der Waals surface area contributed by atoms with Crippen LogP contribution in [0.2, 0.25) is 0 Å². The average Bonchev–Trinajstić information content (AvgIpc) is 2.62. The molecule has 1 amide bonds. The molecule has 0 bridgehead atoms. The number of carbonyl (C=O) groups is 2. The SMILES string of the molecule is COC(=O)CCN(C(=O)c1ccc(C(F)(F)F)cc1)C1CCCCC1C. The molecule has 0 saturated heterocycles. The molecular weight excluding hydrogens is 347 g/mol. The van der Waals surface area contributed by atoms with Gasteiger partial charge in [-0.25, -0.2) is 0 Å². The van der Waals surface area contributed by atoms with Gasteiger partial charge in [-0.2, -0.15) is 13.2 Å². The van der Waals surface area contributed by atoms with E-state index in [4.69, 9.17) is 0 Å². The zero-order chi connectivity index (χ0) is 19.3. The molecule has 0 N–H and O–H groups in total. The van der Waals surface area contributed by atoms with Gasteiger partial charge in [0.15, 0.2) is 0 Å². The lowest BCUT2D eigenvalue weighted by Gasteiger charge is -2.38. The quantitative estimate of drug-likeness (QED) is 0.726. The monoisotopic (exact) mass is 371 g/mol. The first-order chi connectivity index (χ1) is 12.2. The maximum absolute atomic E-state index is 12.9. The van der Waals surface area contributed by atoms with Gasteiger partial charge in [0.1, 0.15) is 0 Å². The molecule has 1 aromatic rings. The molecule has 26 heavy (non-hydrogen) atoms. The Bertz CT molecular complexity index is 628. The minimum atomic E-state index is -4.44. The molecule has 1 aromatic carbocycles. The molecular formula is C19H24F3NO3. The molecule has 0 aromatic heterocycles. The summed E-state index contributed by atoms with van der Waals surface area (Å²) in [5.74, 6) is -0.486. The van der Waals surface area contributed by atoms with E-state index in [0.29, 0.717) is 0 Å². The highest BCUT2D eigenvalue weighted by atomic mass is 19.4. The van der Waals surface area contributed by atoms with Gasteiger partial charge in [-0.05, 0) is 43.0 Å². The van der Waals surface area contributed by atoms with Crippen LogP contribution in [0.5, 0.6) is 0 Å². The minimum Gasteiger partial charge on any atom is -0.469 e. The Morgan fingerprint density at radius 1 is 1.15 bits per heavy atom. The lowest BCUT2D eigenvalue weighted by Crippen LogP contribution is -2.46. The summed E-state index contributed by atoms with van der Waals surface area (Å²) in [5, 5.41) is 0. The van der Waals surface area contributed by atoms with E-state index in [-0.39, 0.29) is 36.4 Å². The van der Waals surface area contributed by atoms with Crippen molar-refractivity contribution in [3.8, 4) is 0 Å². The van der Waals surface area contributed by atoms with Crippen molar-refractivity contribution in [2.24, 2.45) is 5.92 Å². The van der Waals surface area contributed by atoms with Gasteiger partial charge in [0.2, 0.25) is 0 Å². The van der Waals surface area contributed by atoms with E-state index in [1.54, 1.807) is 4.90 Å². The Hall–Kier alpha value is -2.05. The molecule has 1 aliphatic carbocycles. The number of benzene rings is 1. The lowest BCUT2D eigenvalue weighted by atomic mass is 9.84. The van der Waals surface area contributed by atoms with Gasteiger partial charge in [-0.15, -0.1) is 0 Å². The van der Waals surface area contributed by atoms with Crippen molar-refractivity contribution in [1.82, 2.24) is 4.90 Å². The van der Waals surface area contributed by atoms with E-state index < -0.39 is 17.7 Å². The van der Waals surface area contributed by atoms with E-state index in [1.807, 2.05) is 0 Å². The number of carbonyl (C=O) groups excluding carboxylic acids is 2. The molecule has 0 heterocycles. The fourth-order valence-electron chi connectivity index (χ4n) is 3.46. The summed E-state index contributed by atoms with van der Waals surface area (Å²) in [4.78, 5) is 26.1. The average molecular weight is 371 g/mol. The van der Waals surface area contributed by atoms with Gasteiger partial charge in [-0.1, -0.05) is 19.8 Å². The lowest BCUT2D eigenvalue weighted by molar-refractivity contribution is -0.141. The van der Waals surface area contributed by atoms with E-state index >= 15 is 0 Å². The Morgan fingerprint density at radius 2 is 1.77 bits per heavy atom. The van der Waals surface area contributed by atoms with Crippen LogP contribution in [0.4, 0.5) is 13.2 Å². The van der Waals surface area contributed by atoms with E-state index in [9.17, 15) is 22.8 Å². The molecule has 144 valence electrons. The standard InChI is InChI=1S/C19H24F3NO3/c1-13-5-3-4-6-16(13)23(12-11-17(24)26-2)18(25)14-7-9-15(10-8-14)19(20,21)22/h7-10,13,16H,3-6,11-12H2,1-2H3. The Labute approximate surface area is 151 Å². The first-order valence-corrected chi connectivity index (χ1v) is 8.79. The van der Waals surface area contributed by atoms with Crippen molar-refractivity contribution in [2.45, 2.75) is 51.2 Å². The summed E-state index contributed by atoms with van der Waals surface area (Å²) in [5.41, 5.74) is -0.596. The van der Waals surface area contributed by atoms with E-state index in [1.165, 1.54) is 19.2 Å². The van der Waals surface area contributed by atoms with Crippen molar-refractivity contribution in [1.29, 1.82) is 0 Å². The predicted molar refractivity (Wildman–Crippen MR) is 90.5 cm³/mol. The molecule has 0 radical (unpaired) electrons. The Morgan fingerprint density at radius 3 is 2.31 bits per heavy atom. The van der Waals surface area contributed by atoms with Crippen LogP contribution in [0.1, 0.15) is 54.9 Å². The van der Waals surface area contributed by atoms with Gasteiger partial charge in [0.05, 0.1) is 19.1 Å². The number of ether oxygens (including phenoxy) is 1. The molecule has 1 fully saturated rings. The van der Waals surface area contributed by atoms with Gasteiger partial charge in [0, 0.05) is 18.2 Å². The minimum absolute atomic E-state index is 0.0248.